The lowest BCUT2D eigenvalue weighted by Gasteiger charge is -2.38. The van der Waals surface area contributed by atoms with Gasteiger partial charge in [-0.3, -0.25) is 0 Å². The molecule has 6 rings (SSSR count). The van der Waals surface area contributed by atoms with Gasteiger partial charge in [0.05, 0.1) is 16.2 Å². The normalized spacial score (nSPS) is 19.3. The monoisotopic (exact) mass is 546 g/mol. The van der Waals surface area contributed by atoms with Crippen molar-refractivity contribution in [1.29, 1.82) is 0 Å². The highest BCUT2D eigenvalue weighted by Gasteiger charge is 2.42. The van der Waals surface area contributed by atoms with Gasteiger partial charge < -0.3 is 4.74 Å². The molecule has 32 heavy (non-hydrogen) atoms. The molecule has 2 heterocycles. The van der Waals surface area contributed by atoms with Crippen LogP contribution in [0.3, 0.4) is 0 Å². The van der Waals surface area contributed by atoms with E-state index >= 15 is 0 Å². The van der Waals surface area contributed by atoms with Crippen LogP contribution < -0.4 is 4.74 Å². The molecule has 0 amide bonds. The summed E-state index contributed by atoms with van der Waals surface area (Å²) >= 11 is 7.37. The molecule has 2 aliphatic heterocycles. The summed E-state index contributed by atoms with van der Waals surface area (Å²) < 4.78 is 8.55. The largest absolute Gasteiger partial charge is 0.463 e. The Morgan fingerprint density at radius 2 is 1.69 bits per heavy atom. The maximum absolute atomic E-state index is 6.56. The van der Waals surface area contributed by atoms with Crippen molar-refractivity contribution in [1.82, 2.24) is 5.01 Å². The first-order chi connectivity index (χ1) is 15.6. The fourth-order valence-electron chi connectivity index (χ4n) is 4.61. The highest BCUT2D eigenvalue weighted by molar-refractivity contribution is 9.11. The van der Waals surface area contributed by atoms with E-state index in [1.165, 1.54) is 16.3 Å². The van der Waals surface area contributed by atoms with Crippen molar-refractivity contribution in [3.63, 3.8) is 0 Å². The molecule has 0 aromatic heterocycles. The second-order valence-corrected chi connectivity index (χ2v) is 10.2. The number of aryl methyl sites for hydroxylation is 1. The molecule has 4 aromatic carbocycles. The van der Waals surface area contributed by atoms with E-state index in [1.807, 2.05) is 6.07 Å². The Morgan fingerprint density at radius 1 is 0.906 bits per heavy atom. The standard InChI is InChI=1S/C27H20Br2N2O/c1-16-6-8-18(9-7-16)27-31-25(22-13-21(28)14-23(29)26(22)32-27)15-24(30-31)20-11-10-17-4-2-3-5-19(17)12-20/h2-14,25,27H,15H2,1H3/t25-,27-/m1/s1. The summed E-state index contributed by atoms with van der Waals surface area (Å²) in [5, 5.41) is 9.73. The number of hydrazone groups is 1. The molecule has 158 valence electrons. The van der Waals surface area contributed by atoms with Crippen molar-refractivity contribution < 1.29 is 4.74 Å². The fourth-order valence-corrected chi connectivity index (χ4v) is 5.96. The molecule has 0 N–H and O–H groups in total. The number of hydrogen-bond acceptors (Lipinski definition) is 3. The van der Waals surface area contributed by atoms with Gasteiger partial charge in [0, 0.05) is 22.0 Å². The Kier molecular flexibility index (Phi) is 4.85. The molecule has 2 aliphatic rings. The third kappa shape index (κ3) is 3.35. The van der Waals surface area contributed by atoms with Gasteiger partial charge in [-0.05, 0) is 57.4 Å². The predicted molar refractivity (Wildman–Crippen MR) is 136 cm³/mol. The van der Waals surface area contributed by atoms with Gasteiger partial charge in [0.15, 0.2) is 0 Å². The lowest BCUT2D eigenvalue weighted by atomic mass is 9.95. The second kappa shape index (κ2) is 7.75. The van der Waals surface area contributed by atoms with E-state index in [2.05, 4.69) is 117 Å². The van der Waals surface area contributed by atoms with Crippen LogP contribution in [0.25, 0.3) is 10.8 Å². The fraction of sp³-hybridized carbons (Fsp3) is 0.148. The van der Waals surface area contributed by atoms with Gasteiger partial charge in [-0.1, -0.05) is 82.2 Å². The molecular formula is C27H20Br2N2O. The molecular weight excluding hydrogens is 528 g/mol. The van der Waals surface area contributed by atoms with Crippen molar-refractivity contribution in [2.75, 3.05) is 0 Å². The smallest absolute Gasteiger partial charge is 0.213 e. The highest BCUT2D eigenvalue weighted by atomic mass is 79.9. The molecule has 4 aromatic rings. The SMILES string of the molecule is Cc1ccc([C@H]2Oc3c(Br)cc(Br)cc3[C@H]3CC(c4ccc5ccccc5c4)=NN32)cc1. The number of nitrogens with zero attached hydrogens (tertiary/aromatic N) is 2. The molecule has 0 saturated carbocycles. The van der Waals surface area contributed by atoms with E-state index in [0.717, 1.165) is 43.5 Å². The molecule has 5 heteroatoms. The van der Waals surface area contributed by atoms with Gasteiger partial charge in [0.1, 0.15) is 5.75 Å². The van der Waals surface area contributed by atoms with Crippen molar-refractivity contribution in [2.24, 2.45) is 5.10 Å². The van der Waals surface area contributed by atoms with Crippen LogP contribution in [0, 0.1) is 6.92 Å². The summed E-state index contributed by atoms with van der Waals surface area (Å²) in [6, 6.07) is 27.9. The van der Waals surface area contributed by atoms with E-state index in [4.69, 9.17) is 9.84 Å². The van der Waals surface area contributed by atoms with Crippen LogP contribution in [0.2, 0.25) is 0 Å². The van der Waals surface area contributed by atoms with E-state index in [-0.39, 0.29) is 12.3 Å². The Morgan fingerprint density at radius 3 is 2.50 bits per heavy atom. The molecule has 0 fully saturated rings. The van der Waals surface area contributed by atoms with Gasteiger partial charge in [-0.25, -0.2) is 5.01 Å². The molecule has 3 nitrogen and oxygen atoms in total. The third-order valence-electron chi connectivity index (χ3n) is 6.25. The summed E-state index contributed by atoms with van der Waals surface area (Å²) in [4.78, 5) is 0. The first-order valence-corrected chi connectivity index (χ1v) is 12.2. The van der Waals surface area contributed by atoms with Crippen molar-refractivity contribution in [3.8, 4) is 5.75 Å². The zero-order chi connectivity index (χ0) is 21.8. The maximum Gasteiger partial charge on any atom is 0.213 e. The number of benzene rings is 4. The summed E-state index contributed by atoms with van der Waals surface area (Å²) in [6.45, 7) is 2.10. The van der Waals surface area contributed by atoms with Crippen LogP contribution in [0.1, 0.15) is 40.9 Å². The lowest BCUT2D eigenvalue weighted by molar-refractivity contribution is -0.0197. The van der Waals surface area contributed by atoms with Crippen LogP contribution in [0.4, 0.5) is 0 Å². The molecule has 0 aliphatic carbocycles. The van der Waals surface area contributed by atoms with Gasteiger partial charge in [-0.2, -0.15) is 5.10 Å². The zero-order valence-corrected chi connectivity index (χ0v) is 20.6. The topological polar surface area (TPSA) is 24.8 Å². The van der Waals surface area contributed by atoms with E-state index in [0.29, 0.717) is 0 Å². The zero-order valence-electron chi connectivity index (χ0n) is 17.4. The maximum atomic E-state index is 6.56. The molecule has 0 saturated heterocycles. The average molecular weight is 548 g/mol. The summed E-state index contributed by atoms with van der Waals surface area (Å²) in [7, 11) is 0. The number of rotatable bonds is 2. The quantitative estimate of drug-likeness (QED) is 0.254. The van der Waals surface area contributed by atoms with Gasteiger partial charge in [-0.15, -0.1) is 0 Å². The minimum absolute atomic E-state index is 0.111. The lowest BCUT2D eigenvalue weighted by Crippen LogP contribution is -2.33. The van der Waals surface area contributed by atoms with Crippen molar-refractivity contribution in [2.45, 2.75) is 25.6 Å². The second-order valence-electron chi connectivity index (χ2n) is 8.40. The first-order valence-electron chi connectivity index (χ1n) is 10.6. The number of fused-ring (bicyclic) bond motifs is 4. The van der Waals surface area contributed by atoms with E-state index in [1.54, 1.807) is 0 Å². The van der Waals surface area contributed by atoms with E-state index < -0.39 is 0 Å². The van der Waals surface area contributed by atoms with Gasteiger partial charge >= 0.3 is 0 Å². The van der Waals surface area contributed by atoms with E-state index in [9.17, 15) is 0 Å². The number of halogens is 2. The Labute approximate surface area is 204 Å². The molecule has 2 atom stereocenters. The minimum atomic E-state index is -0.275. The number of ether oxygens (including phenoxy) is 1. The van der Waals surface area contributed by atoms with Gasteiger partial charge in [0.2, 0.25) is 6.23 Å². The van der Waals surface area contributed by atoms with Crippen LogP contribution in [-0.4, -0.2) is 10.7 Å². The van der Waals surface area contributed by atoms with Crippen LogP contribution in [0.5, 0.6) is 5.75 Å². The third-order valence-corrected chi connectivity index (χ3v) is 7.30. The summed E-state index contributed by atoms with van der Waals surface area (Å²) in [5.74, 6) is 0.898. The Bertz CT molecular complexity index is 1380. The highest BCUT2D eigenvalue weighted by Crippen LogP contribution is 2.50. The average Bonchev–Trinajstić information content (AvgIpc) is 3.25. The number of hydrogen-bond donors (Lipinski definition) is 0. The minimum Gasteiger partial charge on any atom is -0.463 e. The van der Waals surface area contributed by atoms with Crippen LogP contribution in [0.15, 0.2) is 92.9 Å². The van der Waals surface area contributed by atoms with Crippen molar-refractivity contribution >= 4 is 48.3 Å². The molecule has 0 unspecified atom stereocenters. The molecule has 0 spiro atoms. The molecule has 0 bridgehead atoms. The Balaban J connectivity index is 1.47. The summed E-state index contributed by atoms with van der Waals surface area (Å²) in [5.41, 5.74) is 5.73. The molecule has 0 radical (unpaired) electrons. The van der Waals surface area contributed by atoms with Crippen LogP contribution >= 0.6 is 31.9 Å². The van der Waals surface area contributed by atoms with Crippen LogP contribution in [-0.2, 0) is 0 Å². The first kappa shape index (κ1) is 20.0. The Hall–Kier alpha value is -2.63. The van der Waals surface area contributed by atoms with Gasteiger partial charge in [0.25, 0.3) is 0 Å². The summed E-state index contributed by atoms with van der Waals surface area (Å²) in [6.07, 6.45) is 0.559. The van der Waals surface area contributed by atoms with Crippen molar-refractivity contribution in [3.05, 3.63) is 110 Å². The predicted octanol–water partition coefficient (Wildman–Crippen LogP) is 7.92.